The first-order valence-corrected chi connectivity index (χ1v) is 5.19. The number of nitrogens with zero attached hydrogens (tertiary/aromatic N) is 2. The van der Waals surface area contributed by atoms with Crippen LogP contribution in [0.2, 0.25) is 0 Å². The van der Waals surface area contributed by atoms with Crippen molar-refractivity contribution in [2.24, 2.45) is 0 Å². The third-order valence-electron chi connectivity index (χ3n) is 2.02. The monoisotopic (exact) mass is 293 g/mol. The maximum absolute atomic E-state index is 4.93. The fourth-order valence-corrected chi connectivity index (χ4v) is 1.28. The Labute approximate surface area is 119 Å². The molecule has 2 unspecified atom stereocenters. The van der Waals surface area contributed by atoms with Gasteiger partial charge < -0.3 is 27.5 Å². The Hall–Kier alpha value is -0.117. The molecule has 0 aromatic heterocycles. The van der Waals surface area contributed by atoms with Gasteiger partial charge in [-0.25, -0.2) is 0 Å². The normalized spacial score (nSPS) is 12.7. The van der Waals surface area contributed by atoms with E-state index >= 15 is 0 Å². The molecule has 0 fully saturated rings. The Morgan fingerprint density at radius 1 is 1.24 bits per heavy atom. The molecule has 0 spiro atoms. The molecule has 5 heteroatoms. The molecular formula is C12H25N2O2Zn-3. The van der Waals surface area contributed by atoms with Crippen molar-refractivity contribution in [3.05, 3.63) is 30.5 Å². The Bertz CT molecular complexity index is 180. The van der Waals surface area contributed by atoms with Gasteiger partial charge in [-0.15, -0.1) is 18.6 Å². The van der Waals surface area contributed by atoms with E-state index in [2.05, 4.69) is 24.1 Å². The Morgan fingerprint density at radius 3 is 2.29 bits per heavy atom. The SMILES string of the molecule is C=C([N-]C(C)CC(C)[N-]CCOC)OC.[CH3-].[Zn]. The zero-order chi connectivity index (χ0) is 11.7. The van der Waals surface area contributed by atoms with E-state index < -0.39 is 0 Å². The number of hydrogen-bond acceptors (Lipinski definition) is 2. The van der Waals surface area contributed by atoms with Crippen molar-refractivity contribution in [1.82, 2.24) is 0 Å². The van der Waals surface area contributed by atoms with Gasteiger partial charge in [-0.3, -0.25) is 0 Å². The molecule has 100 valence electrons. The van der Waals surface area contributed by atoms with Gasteiger partial charge in [0.05, 0.1) is 7.11 Å². The van der Waals surface area contributed by atoms with Crippen molar-refractivity contribution >= 4 is 0 Å². The molecule has 0 aromatic carbocycles. The van der Waals surface area contributed by atoms with Gasteiger partial charge in [0.15, 0.2) is 0 Å². The standard InChI is InChI=1S/C11H22N2O2.CH3.Zn/c1-9(12-6-7-14-4)8-10(2)13-11(3)15-5;;/h9-10H,3,6-8H2,1-2,4-5H3;1H3;/q-2;-1;. The van der Waals surface area contributed by atoms with E-state index in [1.165, 1.54) is 0 Å². The van der Waals surface area contributed by atoms with Gasteiger partial charge in [0.1, 0.15) is 0 Å². The van der Waals surface area contributed by atoms with Gasteiger partial charge in [0.2, 0.25) is 0 Å². The molecule has 0 aliphatic rings. The van der Waals surface area contributed by atoms with Crippen LogP contribution in [0.4, 0.5) is 0 Å². The predicted octanol–water partition coefficient (Wildman–Crippen LogP) is 3.11. The zero-order valence-corrected chi connectivity index (χ0v) is 14.9. The summed E-state index contributed by atoms with van der Waals surface area (Å²) in [6.45, 7) is 9.20. The van der Waals surface area contributed by atoms with Crippen LogP contribution in [0.15, 0.2) is 12.5 Å². The van der Waals surface area contributed by atoms with Crippen LogP contribution < -0.4 is 0 Å². The number of hydrogen-bond donors (Lipinski definition) is 0. The smallest absolute Gasteiger partial charge is 0.0747 e. The first kappa shape index (κ1) is 22.1. The van der Waals surface area contributed by atoms with Crippen LogP contribution in [0.25, 0.3) is 10.6 Å². The molecule has 0 rings (SSSR count). The van der Waals surface area contributed by atoms with Crippen molar-refractivity contribution in [1.29, 1.82) is 0 Å². The summed E-state index contributed by atoms with van der Waals surface area (Å²) in [6.07, 6.45) is 0.909. The summed E-state index contributed by atoms with van der Waals surface area (Å²) in [4.78, 5) is 0. The topological polar surface area (TPSA) is 46.7 Å². The van der Waals surface area contributed by atoms with Crippen LogP contribution in [-0.4, -0.2) is 39.5 Å². The largest absolute Gasteiger partial charge is 0.658 e. The number of ether oxygens (including phenoxy) is 2. The van der Waals surface area contributed by atoms with Gasteiger partial charge in [-0.2, -0.15) is 0 Å². The number of methoxy groups -OCH3 is 2. The summed E-state index contributed by atoms with van der Waals surface area (Å²) in [7, 11) is 3.26. The fourth-order valence-electron chi connectivity index (χ4n) is 1.28. The molecule has 0 saturated heterocycles. The third kappa shape index (κ3) is 13.8. The molecule has 0 radical (unpaired) electrons. The van der Waals surface area contributed by atoms with Crippen molar-refractivity contribution in [2.45, 2.75) is 32.4 Å². The van der Waals surface area contributed by atoms with E-state index in [4.69, 9.17) is 9.47 Å². The molecule has 0 saturated carbocycles. The van der Waals surface area contributed by atoms with Crippen LogP contribution in [0.3, 0.4) is 0 Å². The average Bonchev–Trinajstić information content (AvgIpc) is 2.17. The van der Waals surface area contributed by atoms with Crippen LogP contribution in [0, 0.1) is 7.43 Å². The van der Waals surface area contributed by atoms with Crippen LogP contribution in [0.1, 0.15) is 20.3 Å². The Balaban J connectivity index is -0.000000980. The molecule has 0 amide bonds. The second-order valence-electron chi connectivity index (χ2n) is 3.56. The summed E-state index contributed by atoms with van der Waals surface area (Å²) in [6, 6.07) is 0.488. The molecule has 0 N–H and O–H groups in total. The van der Waals surface area contributed by atoms with Gasteiger partial charge in [0, 0.05) is 39.1 Å². The van der Waals surface area contributed by atoms with Gasteiger partial charge in [0.25, 0.3) is 0 Å². The quantitative estimate of drug-likeness (QED) is 0.284. The second-order valence-corrected chi connectivity index (χ2v) is 3.56. The molecule has 0 bridgehead atoms. The van der Waals surface area contributed by atoms with Crippen molar-refractivity contribution in [3.63, 3.8) is 0 Å². The van der Waals surface area contributed by atoms with Crippen molar-refractivity contribution < 1.29 is 29.0 Å². The fraction of sp³-hybridized carbons (Fsp3) is 0.750. The minimum atomic E-state index is 0. The van der Waals surface area contributed by atoms with Crippen molar-refractivity contribution in [2.75, 3.05) is 27.4 Å². The Kier molecular flexibility index (Phi) is 18.1. The first-order chi connectivity index (χ1) is 7.10. The van der Waals surface area contributed by atoms with Crippen LogP contribution in [0.5, 0.6) is 0 Å². The molecule has 4 nitrogen and oxygen atoms in total. The maximum atomic E-state index is 4.93. The molecule has 17 heavy (non-hydrogen) atoms. The minimum Gasteiger partial charge on any atom is -0.658 e. The van der Waals surface area contributed by atoms with Gasteiger partial charge >= 0.3 is 0 Å². The minimum absolute atomic E-state index is 0. The Morgan fingerprint density at radius 2 is 1.82 bits per heavy atom. The maximum Gasteiger partial charge on any atom is 0.0747 e. The first-order valence-electron chi connectivity index (χ1n) is 5.19. The molecule has 2 atom stereocenters. The summed E-state index contributed by atoms with van der Waals surface area (Å²) in [5.74, 6) is 0.478. The zero-order valence-electron chi connectivity index (χ0n) is 11.9. The molecule has 0 heterocycles. The third-order valence-corrected chi connectivity index (χ3v) is 2.02. The molecule has 0 aliphatic heterocycles. The van der Waals surface area contributed by atoms with Crippen LogP contribution in [-0.2, 0) is 29.0 Å². The summed E-state index contributed by atoms with van der Waals surface area (Å²) in [5, 5.41) is 8.69. The van der Waals surface area contributed by atoms with E-state index in [-0.39, 0.29) is 32.9 Å². The van der Waals surface area contributed by atoms with E-state index in [0.717, 1.165) is 13.0 Å². The van der Waals surface area contributed by atoms with E-state index in [1.807, 2.05) is 6.92 Å². The molecular weight excluding hydrogens is 270 g/mol. The molecule has 0 aromatic rings. The summed E-state index contributed by atoms with van der Waals surface area (Å²) >= 11 is 0. The summed E-state index contributed by atoms with van der Waals surface area (Å²) in [5.41, 5.74) is 0. The van der Waals surface area contributed by atoms with Gasteiger partial charge in [-0.05, 0) is 0 Å². The van der Waals surface area contributed by atoms with Gasteiger partial charge in [-0.1, -0.05) is 26.8 Å². The van der Waals surface area contributed by atoms with E-state index in [1.54, 1.807) is 14.2 Å². The average molecular weight is 295 g/mol. The second kappa shape index (κ2) is 13.9. The van der Waals surface area contributed by atoms with E-state index in [0.29, 0.717) is 18.5 Å². The van der Waals surface area contributed by atoms with Crippen molar-refractivity contribution in [3.8, 4) is 0 Å². The van der Waals surface area contributed by atoms with E-state index in [9.17, 15) is 0 Å². The predicted molar refractivity (Wildman–Crippen MR) is 69.6 cm³/mol. The summed E-state index contributed by atoms with van der Waals surface area (Å²) < 4.78 is 9.82. The number of rotatable bonds is 9. The van der Waals surface area contributed by atoms with Crippen LogP contribution >= 0.6 is 0 Å². The molecule has 0 aliphatic carbocycles.